The van der Waals surface area contributed by atoms with Gasteiger partial charge in [-0.05, 0) is 12.1 Å². The summed E-state index contributed by atoms with van der Waals surface area (Å²) in [7, 11) is 1.72. The van der Waals surface area contributed by atoms with Gasteiger partial charge in [0.1, 0.15) is 10.1 Å². The van der Waals surface area contributed by atoms with Crippen molar-refractivity contribution >= 4 is 34.0 Å². The molecule has 1 aromatic rings. The van der Waals surface area contributed by atoms with Crippen molar-refractivity contribution in [2.45, 2.75) is 0 Å². The summed E-state index contributed by atoms with van der Waals surface area (Å²) in [6.07, 6.45) is 0. The fourth-order valence-electron chi connectivity index (χ4n) is 2.75. The van der Waals surface area contributed by atoms with Crippen LogP contribution in [0.2, 0.25) is 0 Å². The number of nitrogens with zero attached hydrogens (tertiary/aromatic N) is 3. The second-order valence-corrected chi connectivity index (χ2v) is 7.05. The molecule has 0 atom stereocenters. The van der Waals surface area contributed by atoms with E-state index < -0.39 is 0 Å². The maximum atomic E-state index is 5.37. The number of rotatable bonds is 4. The van der Waals surface area contributed by atoms with Gasteiger partial charge in [0.15, 0.2) is 0 Å². The number of anilines is 1. The Morgan fingerprint density at radius 3 is 2.67 bits per heavy atom. The van der Waals surface area contributed by atoms with Gasteiger partial charge in [-0.15, -0.1) is 0 Å². The normalized spacial score (nSPS) is 20.1. The van der Waals surface area contributed by atoms with Crippen LogP contribution in [0.25, 0.3) is 0 Å². The first-order valence-corrected chi connectivity index (χ1v) is 8.69. The fraction of sp³-hybridized carbons (Fsp3) is 0.533. The Labute approximate surface area is 136 Å². The second kappa shape index (κ2) is 6.85. The zero-order valence-electron chi connectivity index (χ0n) is 12.3. The molecular weight excluding hydrogens is 302 g/mol. The van der Waals surface area contributed by atoms with Gasteiger partial charge in [-0.3, -0.25) is 4.90 Å². The van der Waals surface area contributed by atoms with Crippen molar-refractivity contribution in [1.29, 1.82) is 0 Å². The monoisotopic (exact) mass is 323 g/mol. The Kier molecular flexibility index (Phi) is 4.87. The first-order valence-electron chi connectivity index (χ1n) is 7.29. The Hall–Kier alpha value is -0.980. The van der Waals surface area contributed by atoms with E-state index in [2.05, 4.69) is 32.9 Å². The van der Waals surface area contributed by atoms with Gasteiger partial charge in [0, 0.05) is 50.2 Å². The summed E-state index contributed by atoms with van der Waals surface area (Å²) in [5.41, 5.74) is 1.25. The fourth-order valence-corrected chi connectivity index (χ4v) is 3.97. The topological polar surface area (TPSA) is 19.0 Å². The molecule has 0 unspecified atom stereocenters. The van der Waals surface area contributed by atoms with Crippen LogP contribution in [0.15, 0.2) is 24.3 Å². The van der Waals surface area contributed by atoms with Gasteiger partial charge in [0.2, 0.25) is 0 Å². The van der Waals surface area contributed by atoms with Crippen LogP contribution < -0.4 is 9.64 Å². The van der Waals surface area contributed by atoms with E-state index in [1.807, 2.05) is 6.07 Å². The quantitative estimate of drug-likeness (QED) is 0.785. The highest BCUT2D eigenvalue weighted by molar-refractivity contribution is 8.23. The summed E-state index contributed by atoms with van der Waals surface area (Å²) in [6.45, 7) is 6.36. The van der Waals surface area contributed by atoms with Crippen molar-refractivity contribution in [1.82, 2.24) is 9.80 Å². The Balaban J connectivity index is 1.53. The van der Waals surface area contributed by atoms with Gasteiger partial charge in [0.25, 0.3) is 0 Å². The first-order chi connectivity index (χ1) is 10.3. The third-order valence-corrected chi connectivity index (χ3v) is 5.51. The molecule has 2 saturated heterocycles. The van der Waals surface area contributed by atoms with Gasteiger partial charge < -0.3 is 14.5 Å². The Bertz CT molecular complexity index is 503. The van der Waals surface area contributed by atoms with Crippen LogP contribution in [0.1, 0.15) is 0 Å². The molecule has 2 fully saturated rings. The average molecular weight is 323 g/mol. The molecule has 1 aromatic carbocycles. The minimum absolute atomic E-state index is 0.925. The van der Waals surface area contributed by atoms with Crippen molar-refractivity contribution in [3.63, 3.8) is 0 Å². The van der Waals surface area contributed by atoms with Gasteiger partial charge in [0.05, 0.1) is 13.8 Å². The minimum atomic E-state index is 0.925. The van der Waals surface area contributed by atoms with E-state index in [9.17, 15) is 0 Å². The molecule has 0 aliphatic carbocycles. The third kappa shape index (κ3) is 3.62. The molecule has 0 radical (unpaired) electrons. The van der Waals surface area contributed by atoms with E-state index in [0.717, 1.165) is 55.2 Å². The molecule has 0 aromatic heterocycles. The predicted molar refractivity (Wildman–Crippen MR) is 93.4 cm³/mol. The lowest BCUT2D eigenvalue weighted by molar-refractivity contribution is 0.187. The predicted octanol–water partition coefficient (Wildman–Crippen LogP) is 2.11. The van der Waals surface area contributed by atoms with Gasteiger partial charge in [-0.2, -0.15) is 0 Å². The molecule has 21 heavy (non-hydrogen) atoms. The molecule has 0 saturated carbocycles. The highest BCUT2D eigenvalue weighted by Gasteiger charge is 2.23. The summed E-state index contributed by atoms with van der Waals surface area (Å²) < 4.78 is 6.37. The average Bonchev–Trinajstić information content (AvgIpc) is 2.93. The molecule has 0 N–H and O–H groups in total. The second-order valence-electron chi connectivity index (χ2n) is 5.33. The van der Waals surface area contributed by atoms with Crippen LogP contribution in [-0.4, -0.2) is 66.4 Å². The standard InChI is InChI=1S/C15H21N3OS2/c1-19-14-4-2-3-13(11-14)17-7-5-16(6-8-17)12-18-9-10-21-15(18)20/h2-4,11H,5-10,12H2,1H3. The number of thiocarbonyl (C=S) groups is 1. The highest BCUT2D eigenvalue weighted by atomic mass is 32.2. The molecule has 114 valence electrons. The number of hydrogen-bond donors (Lipinski definition) is 0. The summed E-state index contributed by atoms with van der Waals surface area (Å²) in [6, 6.07) is 8.32. The molecule has 2 aliphatic rings. The van der Waals surface area contributed by atoms with E-state index in [1.165, 1.54) is 5.69 Å². The first kappa shape index (κ1) is 14.9. The molecule has 0 bridgehead atoms. The van der Waals surface area contributed by atoms with Gasteiger partial charge in [-0.25, -0.2) is 0 Å². The van der Waals surface area contributed by atoms with Crippen molar-refractivity contribution < 1.29 is 4.74 Å². The van der Waals surface area contributed by atoms with Crippen LogP contribution in [-0.2, 0) is 0 Å². The maximum absolute atomic E-state index is 5.37. The van der Waals surface area contributed by atoms with Crippen LogP contribution >= 0.6 is 24.0 Å². The molecule has 3 rings (SSSR count). The zero-order chi connectivity index (χ0) is 14.7. The van der Waals surface area contributed by atoms with E-state index in [4.69, 9.17) is 17.0 Å². The van der Waals surface area contributed by atoms with Crippen LogP contribution in [0.3, 0.4) is 0 Å². The Morgan fingerprint density at radius 2 is 2.00 bits per heavy atom. The lowest BCUT2D eigenvalue weighted by atomic mass is 10.2. The molecule has 2 aliphatic heterocycles. The molecule has 4 nitrogen and oxygen atoms in total. The van der Waals surface area contributed by atoms with E-state index in [1.54, 1.807) is 18.9 Å². The van der Waals surface area contributed by atoms with Crippen LogP contribution in [0.4, 0.5) is 5.69 Å². The number of piperazine rings is 1. The lowest BCUT2D eigenvalue weighted by Crippen LogP contribution is -2.50. The molecule has 0 amide bonds. The number of thioether (sulfide) groups is 1. The van der Waals surface area contributed by atoms with Gasteiger partial charge >= 0.3 is 0 Å². The smallest absolute Gasteiger partial charge is 0.137 e. The molecular formula is C15H21N3OS2. The number of benzene rings is 1. The maximum Gasteiger partial charge on any atom is 0.137 e. The van der Waals surface area contributed by atoms with E-state index >= 15 is 0 Å². The van der Waals surface area contributed by atoms with Crippen molar-refractivity contribution in [2.75, 3.05) is 57.2 Å². The SMILES string of the molecule is COc1cccc(N2CCN(CN3CCSC3=S)CC2)c1. The van der Waals surface area contributed by atoms with E-state index in [0.29, 0.717) is 0 Å². The minimum Gasteiger partial charge on any atom is -0.497 e. The third-order valence-electron chi connectivity index (χ3n) is 4.01. The molecule has 2 heterocycles. The van der Waals surface area contributed by atoms with Gasteiger partial charge in [-0.1, -0.05) is 30.0 Å². The van der Waals surface area contributed by atoms with Crippen molar-refractivity contribution in [3.05, 3.63) is 24.3 Å². The summed E-state index contributed by atoms with van der Waals surface area (Å²) in [4.78, 5) is 7.24. The van der Waals surface area contributed by atoms with E-state index in [-0.39, 0.29) is 0 Å². The highest BCUT2D eigenvalue weighted by Crippen LogP contribution is 2.23. The zero-order valence-corrected chi connectivity index (χ0v) is 14.0. The number of methoxy groups -OCH3 is 1. The number of hydrogen-bond acceptors (Lipinski definition) is 5. The van der Waals surface area contributed by atoms with Crippen molar-refractivity contribution in [3.8, 4) is 5.75 Å². The summed E-state index contributed by atoms with van der Waals surface area (Å²) in [5.74, 6) is 2.07. The molecule has 6 heteroatoms. The Morgan fingerprint density at radius 1 is 1.19 bits per heavy atom. The lowest BCUT2D eigenvalue weighted by Gasteiger charge is -2.38. The largest absolute Gasteiger partial charge is 0.497 e. The molecule has 0 spiro atoms. The van der Waals surface area contributed by atoms with Crippen molar-refractivity contribution in [2.24, 2.45) is 0 Å². The summed E-state index contributed by atoms with van der Waals surface area (Å²) >= 11 is 7.18. The number of ether oxygens (including phenoxy) is 1. The summed E-state index contributed by atoms with van der Waals surface area (Å²) in [5, 5.41) is 0. The van der Waals surface area contributed by atoms with Crippen LogP contribution in [0.5, 0.6) is 5.75 Å². The van der Waals surface area contributed by atoms with Crippen LogP contribution in [0, 0.1) is 0 Å².